The Labute approximate surface area is 142 Å². The maximum atomic E-state index is 12.8. The van der Waals surface area contributed by atoms with E-state index >= 15 is 0 Å². The monoisotopic (exact) mass is 328 g/mol. The summed E-state index contributed by atoms with van der Waals surface area (Å²) in [5, 5.41) is 0. The van der Waals surface area contributed by atoms with E-state index < -0.39 is 17.4 Å². The normalized spacial score (nSPS) is 12.1. The standard InChI is InChI=1S/C19H36O4/c1-8-9-10-11-19(16(6)7,17(20)22-12-14(2)3)18(21)23-13-15(4)5/h14-16H,8-13H2,1-7H3. The predicted molar refractivity (Wildman–Crippen MR) is 93.0 cm³/mol. The van der Waals surface area contributed by atoms with E-state index in [1.165, 1.54) is 0 Å². The summed E-state index contributed by atoms with van der Waals surface area (Å²) in [5.74, 6) is -0.520. The fraction of sp³-hybridized carbons (Fsp3) is 0.895. The Kier molecular flexibility index (Phi) is 10.2. The van der Waals surface area contributed by atoms with Crippen LogP contribution in [0.25, 0.3) is 0 Å². The molecular weight excluding hydrogens is 292 g/mol. The summed E-state index contributed by atoms with van der Waals surface area (Å²) in [6.45, 7) is 14.5. The molecule has 0 fully saturated rings. The zero-order valence-electron chi connectivity index (χ0n) is 16.1. The van der Waals surface area contributed by atoms with Crippen LogP contribution >= 0.6 is 0 Å². The Morgan fingerprint density at radius 1 is 0.826 bits per heavy atom. The average Bonchev–Trinajstić information content (AvgIpc) is 2.46. The van der Waals surface area contributed by atoms with Crippen molar-refractivity contribution in [1.29, 1.82) is 0 Å². The Bertz CT molecular complexity index is 334. The molecule has 0 aromatic heterocycles. The van der Waals surface area contributed by atoms with Crippen molar-refractivity contribution < 1.29 is 19.1 Å². The summed E-state index contributed by atoms with van der Waals surface area (Å²) >= 11 is 0. The smallest absolute Gasteiger partial charge is 0.323 e. The second-order valence-corrected chi connectivity index (χ2v) is 7.57. The first kappa shape index (κ1) is 21.9. The van der Waals surface area contributed by atoms with Crippen LogP contribution in [0.3, 0.4) is 0 Å². The van der Waals surface area contributed by atoms with E-state index in [0.717, 1.165) is 19.3 Å². The molecule has 0 bridgehead atoms. The van der Waals surface area contributed by atoms with Crippen molar-refractivity contribution in [3.05, 3.63) is 0 Å². The highest BCUT2D eigenvalue weighted by Crippen LogP contribution is 2.37. The van der Waals surface area contributed by atoms with Gasteiger partial charge in [-0.25, -0.2) is 0 Å². The van der Waals surface area contributed by atoms with Gasteiger partial charge < -0.3 is 9.47 Å². The van der Waals surface area contributed by atoms with Crippen LogP contribution in [-0.4, -0.2) is 25.2 Å². The minimum absolute atomic E-state index is 0.154. The van der Waals surface area contributed by atoms with E-state index in [0.29, 0.717) is 19.6 Å². The van der Waals surface area contributed by atoms with Gasteiger partial charge in [0.1, 0.15) is 0 Å². The number of ether oxygens (including phenoxy) is 2. The number of hydrogen-bond acceptors (Lipinski definition) is 4. The van der Waals surface area contributed by atoms with Crippen LogP contribution in [0.4, 0.5) is 0 Å². The molecule has 0 radical (unpaired) electrons. The predicted octanol–water partition coefficient (Wildman–Crippen LogP) is 4.61. The van der Waals surface area contributed by atoms with Crippen LogP contribution in [0.2, 0.25) is 0 Å². The van der Waals surface area contributed by atoms with Crippen LogP contribution in [0.5, 0.6) is 0 Å². The fourth-order valence-electron chi connectivity index (χ4n) is 2.44. The van der Waals surface area contributed by atoms with Gasteiger partial charge in [0.2, 0.25) is 0 Å². The summed E-state index contributed by atoms with van der Waals surface area (Å²) < 4.78 is 10.9. The highest BCUT2D eigenvalue weighted by Gasteiger charge is 2.51. The van der Waals surface area contributed by atoms with Gasteiger partial charge in [0, 0.05) is 0 Å². The lowest BCUT2D eigenvalue weighted by molar-refractivity contribution is -0.178. The molecule has 4 nitrogen and oxygen atoms in total. The van der Waals surface area contributed by atoms with Crippen LogP contribution in [0.15, 0.2) is 0 Å². The Hall–Kier alpha value is -1.06. The first-order valence-electron chi connectivity index (χ1n) is 9.02. The number of carbonyl (C=O) groups is 2. The molecule has 0 aliphatic rings. The van der Waals surface area contributed by atoms with Crippen molar-refractivity contribution in [1.82, 2.24) is 0 Å². The number of rotatable bonds is 11. The van der Waals surface area contributed by atoms with Gasteiger partial charge in [-0.3, -0.25) is 9.59 Å². The summed E-state index contributed by atoms with van der Waals surface area (Å²) in [6.07, 6.45) is 3.34. The van der Waals surface area contributed by atoms with Gasteiger partial charge in [-0.1, -0.05) is 67.7 Å². The molecule has 4 heteroatoms. The zero-order valence-corrected chi connectivity index (χ0v) is 16.1. The molecule has 0 aromatic rings. The number of carbonyl (C=O) groups excluding carboxylic acids is 2. The highest BCUT2D eigenvalue weighted by atomic mass is 16.6. The summed E-state index contributed by atoms with van der Waals surface area (Å²) in [4.78, 5) is 25.5. The average molecular weight is 328 g/mol. The van der Waals surface area contributed by atoms with Crippen molar-refractivity contribution in [2.24, 2.45) is 23.2 Å². The quantitative estimate of drug-likeness (QED) is 0.316. The molecule has 136 valence electrons. The van der Waals surface area contributed by atoms with Crippen molar-refractivity contribution in [2.75, 3.05) is 13.2 Å². The second-order valence-electron chi connectivity index (χ2n) is 7.57. The SMILES string of the molecule is CCCCCC(C(=O)OCC(C)C)(C(=O)OCC(C)C)C(C)C. The third-order valence-corrected chi connectivity index (χ3v) is 3.98. The third-order valence-electron chi connectivity index (χ3n) is 3.98. The van der Waals surface area contributed by atoms with E-state index in [9.17, 15) is 9.59 Å². The maximum Gasteiger partial charge on any atom is 0.323 e. The van der Waals surface area contributed by atoms with Gasteiger partial charge in [0.15, 0.2) is 5.41 Å². The molecule has 0 rings (SSSR count). The van der Waals surface area contributed by atoms with E-state index in [2.05, 4.69) is 6.92 Å². The van der Waals surface area contributed by atoms with Crippen molar-refractivity contribution >= 4 is 11.9 Å². The molecule has 0 atom stereocenters. The molecule has 0 spiro atoms. The van der Waals surface area contributed by atoms with Crippen molar-refractivity contribution in [2.45, 2.75) is 74.1 Å². The molecule has 0 saturated heterocycles. The molecular formula is C19H36O4. The van der Waals surface area contributed by atoms with Gasteiger partial charge in [0.25, 0.3) is 0 Å². The number of hydrogen-bond donors (Lipinski definition) is 0. The molecule has 0 aliphatic carbocycles. The van der Waals surface area contributed by atoms with E-state index in [1.807, 2.05) is 41.5 Å². The topological polar surface area (TPSA) is 52.6 Å². The minimum Gasteiger partial charge on any atom is -0.465 e. The number of esters is 2. The Morgan fingerprint density at radius 3 is 1.57 bits per heavy atom. The lowest BCUT2D eigenvalue weighted by atomic mass is 9.73. The largest absolute Gasteiger partial charge is 0.465 e. The third kappa shape index (κ3) is 6.92. The molecule has 0 amide bonds. The van der Waals surface area contributed by atoms with Crippen molar-refractivity contribution in [3.63, 3.8) is 0 Å². The Balaban J connectivity index is 5.32. The molecule has 0 aromatic carbocycles. The molecule has 23 heavy (non-hydrogen) atoms. The summed E-state index contributed by atoms with van der Waals surface area (Å²) in [5.41, 5.74) is -1.18. The second kappa shape index (κ2) is 10.7. The molecule has 0 aliphatic heterocycles. The van der Waals surface area contributed by atoms with Crippen LogP contribution in [0.1, 0.15) is 74.1 Å². The van der Waals surface area contributed by atoms with Crippen molar-refractivity contribution in [3.8, 4) is 0 Å². The van der Waals surface area contributed by atoms with Gasteiger partial charge in [-0.15, -0.1) is 0 Å². The molecule has 0 N–H and O–H groups in total. The summed E-state index contributed by atoms with van der Waals surface area (Å²) in [6, 6.07) is 0. The van der Waals surface area contributed by atoms with Gasteiger partial charge in [0.05, 0.1) is 13.2 Å². The fourth-order valence-corrected chi connectivity index (χ4v) is 2.44. The van der Waals surface area contributed by atoms with E-state index in [4.69, 9.17) is 9.47 Å². The number of unbranched alkanes of at least 4 members (excludes halogenated alkanes) is 2. The van der Waals surface area contributed by atoms with Gasteiger partial charge in [-0.2, -0.15) is 0 Å². The van der Waals surface area contributed by atoms with Crippen LogP contribution < -0.4 is 0 Å². The summed E-state index contributed by atoms with van der Waals surface area (Å²) in [7, 11) is 0. The van der Waals surface area contributed by atoms with Crippen LogP contribution in [-0.2, 0) is 19.1 Å². The zero-order chi connectivity index (χ0) is 18.0. The van der Waals surface area contributed by atoms with E-state index in [1.54, 1.807) is 0 Å². The van der Waals surface area contributed by atoms with Gasteiger partial charge >= 0.3 is 11.9 Å². The van der Waals surface area contributed by atoms with Gasteiger partial charge in [-0.05, 0) is 24.2 Å². The molecule has 0 saturated carbocycles. The lowest BCUT2D eigenvalue weighted by Crippen LogP contribution is -2.46. The molecule has 0 heterocycles. The highest BCUT2D eigenvalue weighted by molar-refractivity contribution is 6.00. The lowest BCUT2D eigenvalue weighted by Gasteiger charge is -2.33. The molecule has 0 unspecified atom stereocenters. The van der Waals surface area contributed by atoms with Crippen LogP contribution in [0, 0.1) is 23.2 Å². The minimum atomic E-state index is -1.18. The first-order chi connectivity index (χ1) is 10.7. The first-order valence-corrected chi connectivity index (χ1v) is 9.02. The maximum absolute atomic E-state index is 12.8. The van der Waals surface area contributed by atoms with E-state index in [-0.39, 0.29) is 17.8 Å². The Morgan fingerprint density at radius 2 is 1.26 bits per heavy atom.